The second-order valence-corrected chi connectivity index (χ2v) is 8.29. The topological polar surface area (TPSA) is 69.6 Å². The van der Waals surface area contributed by atoms with E-state index >= 15 is 0 Å². The Bertz CT molecular complexity index is 1020. The van der Waals surface area contributed by atoms with E-state index in [1.54, 1.807) is 36.7 Å². The zero-order chi connectivity index (χ0) is 21.4. The first-order valence-corrected chi connectivity index (χ1v) is 10.5. The molecule has 1 aromatic heterocycles. The molecule has 2 aliphatic heterocycles. The molecule has 1 fully saturated rings. The van der Waals surface area contributed by atoms with E-state index in [2.05, 4.69) is 14.9 Å². The van der Waals surface area contributed by atoms with E-state index < -0.39 is 0 Å². The standard InChI is InChI=1S/C21H21Cl2N5O2/c1-13(2)28-19(29)17(15-5-4-14(22)12-16(15)23)18(20(28)30)26-8-10-27(11-9-26)21-24-6-3-7-25-21/h3-7,12-13H,8-11H2,1-2H3. The van der Waals surface area contributed by atoms with Crippen molar-refractivity contribution in [3.63, 3.8) is 0 Å². The number of halogens is 2. The molecule has 0 aliphatic carbocycles. The lowest BCUT2D eigenvalue weighted by Crippen LogP contribution is -2.48. The Kier molecular flexibility index (Phi) is 5.66. The Morgan fingerprint density at radius 3 is 2.17 bits per heavy atom. The molecule has 4 rings (SSSR count). The highest BCUT2D eigenvalue weighted by Gasteiger charge is 2.43. The van der Waals surface area contributed by atoms with Gasteiger partial charge in [0.25, 0.3) is 11.8 Å². The van der Waals surface area contributed by atoms with Gasteiger partial charge in [0.05, 0.1) is 10.6 Å². The maximum absolute atomic E-state index is 13.3. The van der Waals surface area contributed by atoms with Crippen molar-refractivity contribution in [1.29, 1.82) is 0 Å². The van der Waals surface area contributed by atoms with E-state index in [9.17, 15) is 9.59 Å². The van der Waals surface area contributed by atoms with Crippen molar-refractivity contribution in [2.24, 2.45) is 0 Å². The van der Waals surface area contributed by atoms with Gasteiger partial charge in [0, 0.05) is 55.2 Å². The average molecular weight is 446 g/mol. The summed E-state index contributed by atoms with van der Waals surface area (Å²) in [6.07, 6.45) is 3.41. The lowest BCUT2D eigenvalue weighted by molar-refractivity contribution is -0.139. The average Bonchev–Trinajstić information content (AvgIpc) is 2.99. The van der Waals surface area contributed by atoms with Crippen LogP contribution in [0.2, 0.25) is 10.0 Å². The lowest BCUT2D eigenvalue weighted by Gasteiger charge is -2.36. The maximum Gasteiger partial charge on any atom is 0.278 e. The second kappa shape index (κ2) is 8.24. The van der Waals surface area contributed by atoms with Gasteiger partial charge in [-0.25, -0.2) is 9.97 Å². The molecular weight excluding hydrogens is 425 g/mol. The van der Waals surface area contributed by atoms with E-state index in [-0.39, 0.29) is 17.9 Å². The van der Waals surface area contributed by atoms with Crippen LogP contribution in [0.4, 0.5) is 5.95 Å². The first-order valence-electron chi connectivity index (χ1n) is 9.73. The number of rotatable bonds is 4. The van der Waals surface area contributed by atoms with Crippen LogP contribution in [0.15, 0.2) is 42.4 Å². The van der Waals surface area contributed by atoms with Crippen molar-refractivity contribution in [2.45, 2.75) is 19.9 Å². The van der Waals surface area contributed by atoms with Crippen molar-refractivity contribution < 1.29 is 9.59 Å². The third-order valence-electron chi connectivity index (χ3n) is 5.24. The predicted octanol–water partition coefficient (Wildman–Crippen LogP) is 3.09. The van der Waals surface area contributed by atoms with Gasteiger partial charge >= 0.3 is 0 Å². The number of hydrogen-bond acceptors (Lipinski definition) is 6. The van der Waals surface area contributed by atoms with Crippen LogP contribution in [0, 0.1) is 0 Å². The molecule has 7 nitrogen and oxygen atoms in total. The fourth-order valence-electron chi connectivity index (χ4n) is 3.82. The van der Waals surface area contributed by atoms with E-state index in [4.69, 9.17) is 23.2 Å². The molecule has 1 saturated heterocycles. The van der Waals surface area contributed by atoms with Gasteiger partial charge < -0.3 is 9.80 Å². The van der Waals surface area contributed by atoms with Crippen molar-refractivity contribution >= 4 is 46.5 Å². The van der Waals surface area contributed by atoms with Gasteiger partial charge in [-0.2, -0.15) is 0 Å². The minimum atomic E-state index is -0.331. The molecule has 0 spiro atoms. The van der Waals surface area contributed by atoms with Gasteiger partial charge in [-0.3, -0.25) is 14.5 Å². The van der Waals surface area contributed by atoms with Crippen LogP contribution in [0.25, 0.3) is 5.57 Å². The molecule has 9 heteroatoms. The highest BCUT2D eigenvalue weighted by molar-refractivity contribution is 6.41. The molecular formula is C21H21Cl2N5O2. The number of amides is 2. The zero-order valence-corrected chi connectivity index (χ0v) is 18.2. The van der Waals surface area contributed by atoms with Gasteiger partial charge in [0.15, 0.2) is 0 Å². The molecule has 0 atom stereocenters. The largest absolute Gasteiger partial charge is 0.363 e. The molecule has 2 aliphatic rings. The van der Waals surface area contributed by atoms with Crippen LogP contribution in [-0.2, 0) is 9.59 Å². The van der Waals surface area contributed by atoms with Crippen molar-refractivity contribution in [3.05, 3.63) is 58.0 Å². The molecule has 0 bridgehead atoms. The highest BCUT2D eigenvalue weighted by atomic mass is 35.5. The molecule has 1 aromatic carbocycles. The first kappa shape index (κ1) is 20.6. The summed E-state index contributed by atoms with van der Waals surface area (Å²) in [5.74, 6) is 0.0354. The molecule has 3 heterocycles. The summed E-state index contributed by atoms with van der Waals surface area (Å²) >= 11 is 12.4. The monoisotopic (exact) mass is 445 g/mol. The van der Waals surface area contributed by atoms with Crippen LogP contribution in [0.3, 0.4) is 0 Å². The molecule has 2 aromatic rings. The number of piperazine rings is 1. The number of carbonyl (C=O) groups is 2. The zero-order valence-electron chi connectivity index (χ0n) is 16.7. The van der Waals surface area contributed by atoms with E-state index in [1.165, 1.54) is 4.90 Å². The predicted molar refractivity (Wildman–Crippen MR) is 116 cm³/mol. The summed E-state index contributed by atoms with van der Waals surface area (Å²) in [7, 11) is 0. The summed E-state index contributed by atoms with van der Waals surface area (Å²) in [4.78, 5) is 40.4. The van der Waals surface area contributed by atoms with Crippen LogP contribution >= 0.6 is 23.2 Å². The van der Waals surface area contributed by atoms with Crippen LogP contribution in [0.5, 0.6) is 0 Å². The summed E-state index contributed by atoms with van der Waals surface area (Å²) in [5.41, 5.74) is 1.25. The molecule has 0 radical (unpaired) electrons. The van der Waals surface area contributed by atoms with Gasteiger partial charge in [-0.1, -0.05) is 29.3 Å². The Balaban J connectivity index is 1.69. The lowest BCUT2D eigenvalue weighted by atomic mass is 10.0. The third kappa shape index (κ3) is 3.63. The number of hydrogen-bond donors (Lipinski definition) is 0. The third-order valence-corrected chi connectivity index (χ3v) is 5.79. The highest BCUT2D eigenvalue weighted by Crippen LogP contribution is 2.37. The van der Waals surface area contributed by atoms with Gasteiger partial charge in [-0.05, 0) is 32.0 Å². The van der Waals surface area contributed by atoms with Crippen LogP contribution < -0.4 is 4.90 Å². The number of carbonyl (C=O) groups excluding carboxylic acids is 2. The summed E-state index contributed by atoms with van der Waals surface area (Å²) in [6.45, 7) is 6.05. The molecule has 2 amide bonds. The molecule has 0 unspecified atom stereocenters. The Morgan fingerprint density at radius 1 is 0.933 bits per heavy atom. The van der Waals surface area contributed by atoms with E-state index in [1.807, 2.05) is 18.7 Å². The Labute approximate surface area is 184 Å². The maximum atomic E-state index is 13.3. The molecule has 156 valence electrons. The Morgan fingerprint density at radius 2 is 1.57 bits per heavy atom. The van der Waals surface area contributed by atoms with Crippen LogP contribution in [0.1, 0.15) is 19.4 Å². The van der Waals surface area contributed by atoms with Gasteiger partial charge in [0.1, 0.15) is 5.70 Å². The number of benzene rings is 1. The summed E-state index contributed by atoms with van der Waals surface area (Å²) in [6, 6.07) is 6.47. The number of anilines is 1. The van der Waals surface area contributed by atoms with E-state index in [0.29, 0.717) is 59.0 Å². The molecule has 30 heavy (non-hydrogen) atoms. The molecule has 0 N–H and O–H groups in total. The van der Waals surface area contributed by atoms with E-state index in [0.717, 1.165) is 0 Å². The second-order valence-electron chi connectivity index (χ2n) is 7.44. The quantitative estimate of drug-likeness (QED) is 0.673. The number of nitrogens with zero attached hydrogens (tertiary/aromatic N) is 5. The van der Waals surface area contributed by atoms with Crippen molar-refractivity contribution in [2.75, 3.05) is 31.1 Å². The smallest absolute Gasteiger partial charge is 0.278 e. The summed E-state index contributed by atoms with van der Waals surface area (Å²) < 4.78 is 0. The fraction of sp³-hybridized carbons (Fsp3) is 0.333. The minimum Gasteiger partial charge on any atom is -0.363 e. The normalized spacial score (nSPS) is 17.6. The Hall–Kier alpha value is -2.64. The van der Waals surface area contributed by atoms with Gasteiger partial charge in [-0.15, -0.1) is 0 Å². The van der Waals surface area contributed by atoms with Crippen LogP contribution in [-0.4, -0.2) is 63.8 Å². The fourth-order valence-corrected chi connectivity index (χ4v) is 4.32. The number of aromatic nitrogens is 2. The number of imide groups is 1. The van der Waals surface area contributed by atoms with Crippen molar-refractivity contribution in [3.8, 4) is 0 Å². The molecule has 0 saturated carbocycles. The van der Waals surface area contributed by atoms with Gasteiger partial charge in [0.2, 0.25) is 5.95 Å². The van der Waals surface area contributed by atoms with Crippen molar-refractivity contribution in [1.82, 2.24) is 19.8 Å². The summed E-state index contributed by atoms with van der Waals surface area (Å²) in [5, 5.41) is 0.818. The SMILES string of the molecule is CC(C)N1C(=O)C(c2ccc(Cl)cc2Cl)=C(N2CCN(c3ncccn3)CC2)C1=O. The minimum absolute atomic E-state index is 0.261. The first-order chi connectivity index (χ1) is 14.4.